The molecule has 168 valence electrons. The number of carbonyl (C=O) groups excluding carboxylic acids is 1. The van der Waals surface area contributed by atoms with Crippen LogP contribution in [0.25, 0.3) is 0 Å². The molecule has 1 fully saturated rings. The molecule has 2 N–H and O–H groups in total. The van der Waals surface area contributed by atoms with E-state index in [9.17, 15) is 4.79 Å². The Kier molecular flexibility index (Phi) is 9.01. The zero-order chi connectivity index (χ0) is 20.8. The van der Waals surface area contributed by atoms with E-state index in [1.807, 2.05) is 11.0 Å². The van der Waals surface area contributed by atoms with Crippen LogP contribution >= 0.6 is 35.3 Å². The van der Waals surface area contributed by atoms with Crippen LogP contribution in [0, 0.1) is 0 Å². The highest BCUT2D eigenvalue weighted by molar-refractivity contribution is 14.0. The van der Waals surface area contributed by atoms with E-state index in [1.165, 1.54) is 16.1 Å². The molecule has 0 unspecified atom stereocenters. The normalized spacial score (nSPS) is 17.0. The van der Waals surface area contributed by atoms with E-state index >= 15 is 0 Å². The second-order valence-electron chi connectivity index (χ2n) is 7.89. The van der Waals surface area contributed by atoms with Gasteiger partial charge in [-0.05, 0) is 54.8 Å². The molecule has 0 radical (unpaired) electrons. The molecule has 1 amide bonds. The third-order valence-corrected chi connectivity index (χ3v) is 6.78. The quantitative estimate of drug-likeness (QED) is 0.338. The fraction of sp³-hybridized carbons (Fsp3) is 0.478. The van der Waals surface area contributed by atoms with E-state index in [0.717, 1.165) is 51.4 Å². The number of nitrogens with one attached hydrogen (secondary N) is 2. The van der Waals surface area contributed by atoms with Crippen molar-refractivity contribution in [3.63, 3.8) is 0 Å². The summed E-state index contributed by atoms with van der Waals surface area (Å²) in [5.74, 6) is 0.840. The van der Waals surface area contributed by atoms with Crippen LogP contribution in [0.3, 0.4) is 0 Å². The highest BCUT2D eigenvalue weighted by Crippen LogP contribution is 2.24. The number of hydrogen-bond donors (Lipinski definition) is 2. The number of rotatable bonds is 5. The summed E-state index contributed by atoms with van der Waals surface area (Å²) in [6.07, 6.45) is 3.06. The minimum Gasteiger partial charge on any atom is -0.363 e. The molecule has 31 heavy (non-hydrogen) atoms. The Labute approximate surface area is 206 Å². The number of halogens is 1. The zero-order valence-electron chi connectivity index (χ0n) is 18.0. The van der Waals surface area contributed by atoms with Gasteiger partial charge in [0.2, 0.25) is 5.91 Å². The molecule has 3 heterocycles. The van der Waals surface area contributed by atoms with E-state index < -0.39 is 0 Å². The van der Waals surface area contributed by atoms with Gasteiger partial charge in [-0.2, -0.15) is 0 Å². The van der Waals surface area contributed by atoms with Crippen LogP contribution in [0.4, 0.5) is 5.00 Å². The molecular weight excluding hydrogens is 521 g/mol. The van der Waals surface area contributed by atoms with E-state index in [2.05, 4.69) is 63.2 Å². The van der Waals surface area contributed by atoms with Crippen LogP contribution in [0.15, 0.2) is 46.8 Å². The Morgan fingerprint density at radius 1 is 1.13 bits per heavy atom. The Bertz CT molecular complexity index is 865. The molecule has 8 heteroatoms. The summed E-state index contributed by atoms with van der Waals surface area (Å²) < 4.78 is 0. The Balaban J connectivity index is 0.00000272. The molecule has 0 bridgehead atoms. The van der Waals surface area contributed by atoms with Crippen LogP contribution in [0.5, 0.6) is 0 Å². The van der Waals surface area contributed by atoms with Gasteiger partial charge in [-0.3, -0.25) is 4.79 Å². The Hall–Kier alpha value is -1.81. The van der Waals surface area contributed by atoms with Crippen molar-refractivity contribution < 1.29 is 4.79 Å². The number of amides is 1. The number of nitrogens with zero attached hydrogens (tertiary/aromatic N) is 3. The lowest BCUT2D eigenvalue weighted by molar-refractivity contribution is -0.130. The molecule has 0 atom stereocenters. The van der Waals surface area contributed by atoms with Gasteiger partial charge in [0.15, 0.2) is 5.96 Å². The van der Waals surface area contributed by atoms with Gasteiger partial charge in [0, 0.05) is 38.8 Å². The summed E-state index contributed by atoms with van der Waals surface area (Å²) in [6.45, 7) is 6.58. The van der Waals surface area contributed by atoms with Gasteiger partial charge < -0.3 is 20.4 Å². The van der Waals surface area contributed by atoms with E-state index in [-0.39, 0.29) is 36.4 Å². The number of piperidine rings is 1. The highest BCUT2D eigenvalue weighted by Gasteiger charge is 2.22. The maximum absolute atomic E-state index is 12.7. The molecule has 2 aliphatic heterocycles. The zero-order valence-corrected chi connectivity index (χ0v) is 21.2. The lowest BCUT2D eigenvalue weighted by Crippen LogP contribution is -2.49. The van der Waals surface area contributed by atoms with Crippen LogP contribution in [-0.2, 0) is 17.8 Å². The predicted octanol–water partition coefficient (Wildman–Crippen LogP) is 3.47. The monoisotopic (exact) mass is 553 g/mol. The first-order valence-electron chi connectivity index (χ1n) is 10.9. The molecule has 0 spiro atoms. The van der Waals surface area contributed by atoms with Crippen molar-refractivity contribution >= 4 is 52.2 Å². The fourth-order valence-corrected chi connectivity index (χ4v) is 4.95. The second-order valence-corrected chi connectivity index (χ2v) is 8.81. The molecule has 0 saturated carbocycles. The Morgan fingerprint density at radius 2 is 1.90 bits per heavy atom. The number of hydrogen-bond acceptors (Lipinski definition) is 4. The van der Waals surface area contributed by atoms with Gasteiger partial charge in [0.1, 0.15) is 6.54 Å². The smallest absolute Gasteiger partial charge is 0.244 e. The first-order valence-corrected chi connectivity index (χ1v) is 11.8. The second kappa shape index (κ2) is 11.7. The van der Waals surface area contributed by atoms with Crippen molar-refractivity contribution in [2.75, 3.05) is 37.6 Å². The average Bonchev–Trinajstić information content (AvgIpc) is 3.32. The molecule has 1 saturated heterocycles. The first-order chi connectivity index (χ1) is 14.7. The van der Waals surface area contributed by atoms with Gasteiger partial charge in [-0.15, -0.1) is 35.3 Å². The predicted molar refractivity (Wildman–Crippen MR) is 140 cm³/mol. The fourth-order valence-electron chi connectivity index (χ4n) is 4.16. The third kappa shape index (κ3) is 6.35. The van der Waals surface area contributed by atoms with Crippen LogP contribution in [0.2, 0.25) is 0 Å². The molecule has 6 nitrogen and oxygen atoms in total. The maximum Gasteiger partial charge on any atom is 0.244 e. The van der Waals surface area contributed by atoms with Crippen molar-refractivity contribution in [1.29, 1.82) is 0 Å². The summed E-state index contributed by atoms with van der Waals surface area (Å²) in [6, 6.07) is 13.1. The lowest BCUT2D eigenvalue weighted by Gasteiger charge is -2.33. The first kappa shape index (κ1) is 23.8. The van der Waals surface area contributed by atoms with Gasteiger partial charge in [0.25, 0.3) is 0 Å². The van der Waals surface area contributed by atoms with E-state index in [1.54, 1.807) is 11.3 Å². The SMILES string of the molecule is CCNC(=NCC(=O)N1CCc2ccccc2C1)NC1CCN(c2cccs2)CC1.I. The van der Waals surface area contributed by atoms with Crippen LogP contribution < -0.4 is 15.5 Å². The summed E-state index contributed by atoms with van der Waals surface area (Å²) >= 11 is 1.80. The van der Waals surface area contributed by atoms with Crippen molar-refractivity contribution in [2.45, 2.75) is 38.8 Å². The van der Waals surface area contributed by atoms with Gasteiger partial charge in [-0.1, -0.05) is 24.3 Å². The topological polar surface area (TPSA) is 60.0 Å². The molecule has 2 aromatic rings. The number of guanidine groups is 1. The number of carbonyl (C=O) groups is 1. The number of thiophene rings is 1. The maximum atomic E-state index is 12.7. The summed E-state index contributed by atoms with van der Waals surface area (Å²) in [5.41, 5.74) is 2.61. The number of aliphatic imine (C=N–C) groups is 1. The summed E-state index contributed by atoms with van der Waals surface area (Å²) in [4.78, 5) is 21.7. The molecule has 1 aromatic carbocycles. The molecule has 0 aliphatic carbocycles. The van der Waals surface area contributed by atoms with Gasteiger partial charge in [0.05, 0.1) is 5.00 Å². The van der Waals surface area contributed by atoms with Crippen LogP contribution in [-0.4, -0.2) is 55.5 Å². The highest BCUT2D eigenvalue weighted by atomic mass is 127. The van der Waals surface area contributed by atoms with Crippen LogP contribution in [0.1, 0.15) is 30.9 Å². The summed E-state index contributed by atoms with van der Waals surface area (Å²) in [7, 11) is 0. The minimum absolute atomic E-state index is 0. The number of fused-ring (bicyclic) bond motifs is 1. The molecular formula is C23H32IN5OS. The average molecular weight is 554 g/mol. The minimum atomic E-state index is 0. The number of anilines is 1. The summed E-state index contributed by atoms with van der Waals surface area (Å²) in [5, 5.41) is 10.3. The molecule has 1 aromatic heterocycles. The van der Waals surface area contributed by atoms with Crippen molar-refractivity contribution in [2.24, 2.45) is 4.99 Å². The van der Waals surface area contributed by atoms with Gasteiger partial charge >= 0.3 is 0 Å². The van der Waals surface area contributed by atoms with E-state index in [0.29, 0.717) is 12.6 Å². The Morgan fingerprint density at radius 3 is 2.61 bits per heavy atom. The van der Waals surface area contributed by atoms with Crippen molar-refractivity contribution in [3.05, 3.63) is 52.9 Å². The largest absolute Gasteiger partial charge is 0.363 e. The lowest BCUT2D eigenvalue weighted by atomic mass is 10.00. The van der Waals surface area contributed by atoms with Crippen molar-refractivity contribution in [3.8, 4) is 0 Å². The van der Waals surface area contributed by atoms with Gasteiger partial charge in [-0.25, -0.2) is 4.99 Å². The van der Waals surface area contributed by atoms with Crippen molar-refractivity contribution in [1.82, 2.24) is 15.5 Å². The standard InChI is InChI=1S/C23H31N5OS.HI/c1-2-24-23(26-20-10-13-27(14-11-20)22-8-5-15-30-22)25-16-21(29)28-12-9-18-6-3-4-7-19(18)17-28;/h3-8,15,20H,2,9-14,16-17H2,1H3,(H2,24,25,26);1H. The van der Waals surface area contributed by atoms with E-state index in [4.69, 9.17) is 0 Å². The molecule has 4 rings (SSSR count). The third-order valence-electron chi connectivity index (χ3n) is 5.85. The number of benzene rings is 1. The molecule has 2 aliphatic rings.